The summed E-state index contributed by atoms with van der Waals surface area (Å²) in [6.45, 7) is 2.24. The second-order valence-electron chi connectivity index (χ2n) is 3.32. The van der Waals surface area contributed by atoms with E-state index >= 15 is 0 Å². The highest BCUT2D eigenvalue weighted by Gasteiger charge is 2.08. The molecule has 0 aromatic heterocycles. The number of halogens is 2. The fraction of sp³-hybridized carbons (Fsp3) is 0.500. The average Bonchev–Trinajstić information content (AvgIpc) is 2.21. The number of hydrogen-bond acceptors (Lipinski definition) is 0. The van der Waals surface area contributed by atoms with Crippen molar-refractivity contribution in [2.75, 3.05) is 4.43 Å². The van der Waals surface area contributed by atoms with Crippen LogP contribution in [0.1, 0.15) is 37.7 Å². The summed E-state index contributed by atoms with van der Waals surface area (Å²) in [4.78, 5) is 0. The molecule has 0 spiro atoms. The minimum absolute atomic E-state index is 0.661. The van der Waals surface area contributed by atoms with Gasteiger partial charge in [-0.05, 0) is 57.7 Å². The van der Waals surface area contributed by atoms with Crippen LogP contribution < -0.4 is 0 Å². The summed E-state index contributed by atoms with van der Waals surface area (Å²) in [5.74, 6) is 0.661. The van der Waals surface area contributed by atoms with Gasteiger partial charge in [-0.1, -0.05) is 41.6 Å². The van der Waals surface area contributed by atoms with Crippen LogP contribution in [0.3, 0.4) is 0 Å². The molecule has 0 aliphatic heterocycles. The lowest BCUT2D eigenvalue weighted by atomic mass is 9.93. The molecule has 0 fully saturated rings. The molecule has 0 N–H and O–H groups in total. The molecular weight excluding hydrogens is 351 g/mol. The summed E-state index contributed by atoms with van der Waals surface area (Å²) in [7, 11) is 0. The van der Waals surface area contributed by atoms with Crippen LogP contribution in [0.4, 0.5) is 0 Å². The monoisotopic (exact) mass is 364 g/mol. The summed E-state index contributed by atoms with van der Waals surface area (Å²) in [6, 6.07) is 10.5. The molecule has 0 aliphatic carbocycles. The van der Waals surface area contributed by atoms with E-state index in [0.29, 0.717) is 5.92 Å². The Morgan fingerprint density at radius 3 is 2.71 bits per heavy atom. The lowest BCUT2D eigenvalue weighted by Crippen LogP contribution is -1.96. The van der Waals surface area contributed by atoms with Gasteiger partial charge < -0.3 is 0 Å². The number of alkyl halides is 1. The lowest BCUT2D eigenvalue weighted by Gasteiger charge is -2.12. The predicted molar refractivity (Wildman–Crippen MR) is 73.0 cm³/mol. The van der Waals surface area contributed by atoms with Crippen LogP contribution in [-0.4, -0.2) is 4.43 Å². The zero-order valence-electron chi connectivity index (χ0n) is 8.32. The minimum atomic E-state index is 0.661. The highest BCUT2D eigenvalue weighted by Crippen LogP contribution is 2.24. The Morgan fingerprint density at radius 1 is 1.43 bits per heavy atom. The van der Waals surface area contributed by atoms with Gasteiger partial charge in [-0.2, -0.15) is 0 Å². The molecule has 0 saturated heterocycles. The van der Waals surface area contributed by atoms with Gasteiger partial charge in [0.15, 0.2) is 0 Å². The Hall–Kier alpha value is 0.250. The first-order chi connectivity index (χ1) is 6.77. The van der Waals surface area contributed by atoms with Gasteiger partial charge in [-0.3, -0.25) is 0 Å². The lowest BCUT2D eigenvalue weighted by molar-refractivity contribution is 0.601. The van der Waals surface area contributed by atoms with Crippen LogP contribution >= 0.6 is 38.5 Å². The summed E-state index contributed by atoms with van der Waals surface area (Å²) < 4.78 is 2.24. The van der Waals surface area contributed by atoms with Crippen LogP contribution in [0.25, 0.3) is 0 Å². The van der Waals surface area contributed by atoms with Crippen molar-refractivity contribution in [1.82, 2.24) is 0 Å². The second kappa shape index (κ2) is 6.68. The quantitative estimate of drug-likeness (QED) is 0.522. The van der Waals surface area contributed by atoms with Gasteiger partial charge in [0.2, 0.25) is 0 Å². The Morgan fingerprint density at radius 2 is 2.21 bits per heavy atom. The number of hydrogen-bond donors (Lipinski definition) is 0. The minimum Gasteiger partial charge on any atom is -0.0864 e. The van der Waals surface area contributed by atoms with Gasteiger partial charge in [0, 0.05) is 5.56 Å². The molecule has 1 aromatic rings. The zero-order chi connectivity index (χ0) is 10.4. The van der Waals surface area contributed by atoms with Crippen LogP contribution in [-0.2, 0) is 0 Å². The molecule has 0 amide bonds. The maximum Gasteiger partial charge on any atom is 0.0678 e. The second-order valence-corrected chi connectivity index (χ2v) is 5.26. The molecule has 14 heavy (non-hydrogen) atoms. The van der Waals surface area contributed by atoms with Crippen molar-refractivity contribution >= 4 is 38.5 Å². The zero-order valence-corrected chi connectivity index (χ0v) is 12.1. The molecule has 76 valence electrons. The molecule has 0 heterocycles. The van der Waals surface area contributed by atoms with Crippen LogP contribution in [0.15, 0.2) is 16.6 Å². The Bertz CT molecular complexity index is 256. The maximum absolute atomic E-state index is 3.38. The van der Waals surface area contributed by atoms with Gasteiger partial charge in [0.25, 0.3) is 0 Å². The molecule has 0 radical (unpaired) electrons. The van der Waals surface area contributed by atoms with E-state index in [-0.39, 0.29) is 0 Å². The predicted octanol–water partition coefficient (Wildman–Crippen LogP) is 4.76. The molecule has 1 unspecified atom stereocenters. The van der Waals surface area contributed by atoms with E-state index in [4.69, 9.17) is 0 Å². The van der Waals surface area contributed by atoms with Gasteiger partial charge in [-0.15, -0.1) is 0 Å². The van der Waals surface area contributed by atoms with Crippen molar-refractivity contribution in [2.45, 2.75) is 32.1 Å². The normalized spacial score (nSPS) is 12.2. The third-order valence-corrected chi connectivity index (χ3v) is 3.58. The van der Waals surface area contributed by atoms with Crippen molar-refractivity contribution < 1.29 is 0 Å². The first kappa shape index (κ1) is 12.3. The standard InChI is InChI=1S/C12H14BrI/c1-2-10(4-3-9-14)11-5-7-12(13)8-6-11/h5,7,10H,2-4,9H2,1H3. The summed E-state index contributed by atoms with van der Waals surface area (Å²) in [5, 5.41) is 0. The molecular formula is C12H14BrI. The van der Waals surface area contributed by atoms with E-state index in [0.717, 1.165) is 4.47 Å². The highest BCUT2D eigenvalue weighted by molar-refractivity contribution is 14.1. The third-order valence-electron chi connectivity index (χ3n) is 2.35. The molecule has 1 aromatic carbocycles. The molecule has 1 rings (SSSR count). The highest BCUT2D eigenvalue weighted by atomic mass is 127. The Labute approximate surface area is 109 Å². The van der Waals surface area contributed by atoms with Crippen LogP contribution in [0.5, 0.6) is 0 Å². The first-order valence-corrected chi connectivity index (χ1v) is 7.25. The van der Waals surface area contributed by atoms with E-state index in [1.54, 1.807) is 0 Å². The number of rotatable bonds is 5. The van der Waals surface area contributed by atoms with Gasteiger partial charge in [0.1, 0.15) is 0 Å². The molecule has 2 heteroatoms. The summed E-state index contributed by atoms with van der Waals surface area (Å²) in [6.07, 6.45) is 3.76. The average molecular weight is 365 g/mol. The molecule has 0 nitrogen and oxygen atoms in total. The van der Waals surface area contributed by atoms with Crippen molar-refractivity contribution in [1.29, 1.82) is 0 Å². The summed E-state index contributed by atoms with van der Waals surface area (Å²) in [5.41, 5.74) is 1.31. The summed E-state index contributed by atoms with van der Waals surface area (Å²) >= 11 is 5.82. The maximum atomic E-state index is 3.38. The molecule has 1 atom stereocenters. The topological polar surface area (TPSA) is 0 Å². The fourth-order valence-electron chi connectivity index (χ4n) is 1.52. The molecule has 0 bridgehead atoms. The van der Waals surface area contributed by atoms with E-state index in [1.807, 2.05) is 0 Å². The Balaban J connectivity index is 2.64. The molecule has 0 aliphatic rings. The SMILES string of the molecule is CCC(CCCI)c1c#cc(Br)cc1. The van der Waals surface area contributed by atoms with Gasteiger partial charge >= 0.3 is 0 Å². The van der Waals surface area contributed by atoms with Crippen molar-refractivity contribution in [3.05, 3.63) is 34.3 Å². The van der Waals surface area contributed by atoms with Crippen molar-refractivity contribution in [3.63, 3.8) is 0 Å². The van der Waals surface area contributed by atoms with Gasteiger partial charge in [-0.25, -0.2) is 0 Å². The van der Waals surface area contributed by atoms with E-state index in [1.165, 1.54) is 29.3 Å². The van der Waals surface area contributed by atoms with Crippen LogP contribution in [0, 0.1) is 12.1 Å². The van der Waals surface area contributed by atoms with E-state index in [9.17, 15) is 0 Å². The van der Waals surface area contributed by atoms with Gasteiger partial charge in [0.05, 0.1) is 4.47 Å². The van der Waals surface area contributed by atoms with E-state index in [2.05, 4.69) is 69.7 Å². The largest absolute Gasteiger partial charge is 0.0864 e. The van der Waals surface area contributed by atoms with Crippen molar-refractivity contribution in [3.8, 4) is 0 Å². The smallest absolute Gasteiger partial charge is 0.0678 e. The third kappa shape index (κ3) is 3.78. The van der Waals surface area contributed by atoms with Crippen molar-refractivity contribution in [2.24, 2.45) is 0 Å². The van der Waals surface area contributed by atoms with E-state index < -0.39 is 0 Å². The Kier molecular flexibility index (Phi) is 5.88. The van der Waals surface area contributed by atoms with Crippen LogP contribution in [0.2, 0.25) is 0 Å². The fourth-order valence-corrected chi connectivity index (χ4v) is 2.19. The first-order valence-electron chi connectivity index (χ1n) is 4.93. The molecule has 0 saturated carbocycles.